The quantitative estimate of drug-likeness (QED) is 0.767. The predicted molar refractivity (Wildman–Crippen MR) is 68.9 cm³/mol. The molecule has 1 aromatic carbocycles. The molecule has 96 valence electrons. The van der Waals surface area contributed by atoms with Gasteiger partial charge >= 0.3 is 0 Å². The van der Waals surface area contributed by atoms with Crippen LogP contribution in [0.25, 0.3) is 0 Å². The second-order valence-electron chi connectivity index (χ2n) is 3.84. The maximum absolute atomic E-state index is 12.2. The Morgan fingerprint density at radius 3 is 3.00 bits per heavy atom. The highest BCUT2D eigenvalue weighted by Gasteiger charge is 2.14. The van der Waals surface area contributed by atoms with Crippen LogP contribution in [0.5, 0.6) is 5.75 Å². The highest BCUT2D eigenvalue weighted by Crippen LogP contribution is 2.19. The number of ether oxygens (including phenoxy) is 1. The van der Waals surface area contributed by atoms with Crippen molar-refractivity contribution in [2.24, 2.45) is 0 Å². The van der Waals surface area contributed by atoms with Crippen molar-refractivity contribution in [1.29, 1.82) is 5.26 Å². The number of aromatic nitrogens is 2. The summed E-state index contributed by atoms with van der Waals surface area (Å²) in [5, 5.41) is 8.86. The molecule has 0 radical (unpaired) electrons. The van der Waals surface area contributed by atoms with Gasteiger partial charge in [0.2, 0.25) is 5.82 Å². The number of imidazole rings is 1. The van der Waals surface area contributed by atoms with Gasteiger partial charge < -0.3 is 9.30 Å². The normalized spacial score (nSPS) is 9.89. The van der Waals surface area contributed by atoms with E-state index in [1.54, 1.807) is 24.4 Å². The number of nitrogens with zero attached hydrogens (tertiary/aromatic N) is 3. The van der Waals surface area contributed by atoms with E-state index in [-0.39, 0.29) is 18.2 Å². The molecule has 0 unspecified atom stereocenters. The maximum atomic E-state index is 12.2. The van der Waals surface area contributed by atoms with E-state index in [9.17, 15) is 4.79 Å². The standard InChI is InChI=1S/C14H13N3O2/c1-2-19-13-6-4-3-5-11(13)12(18)10-17-8-7-16-14(17)9-15/h3-8H,2,10H2,1H3. The fourth-order valence-electron chi connectivity index (χ4n) is 1.77. The molecule has 0 fully saturated rings. The van der Waals surface area contributed by atoms with Crippen LogP contribution in [0.4, 0.5) is 0 Å². The molecule has 0 atom stereocenters. The van der Waals surface area contributed by atoms with Gasteiger partial charge in [-0.3, -0.25) is 4.79 Å². The number of ketones is 1. The minimum atomic E-state index is -0.112. The first-order chi connectivity index (χ1) is 9.26. The first kappa shape index (κ1) is 12.8. The Bertz CT molecular complexity index is 626. The highest BCUT2D eigenvalue weighted by molar-refractivity contribution is 5.98. The smallest absolute Gasteiger partial charge is 0.213 e. The lowest BCUT2D eigenvalue weighted by molar-refractivity contribution is 0.0968. The van der Waals surface area contributed by atoms with E-state index in [2.05, 4.69) is 4.98 Å². The zero-order chi connectivity index (χ0) is 13.7. The third-order valence-electron chi connectivity index (χ3n) is 2.62. The molecule has 0 saturated carbocycles. The van der Waals surface area contributed by atoms with E-state index in [1.807, 2.05) is 19.1 Å². The molecule has 0 spiro atoms. The average molecular weight is 255 g/mol. The van der Waals surface area contributed by atoms with Crippen LogP contribution >= 0.6 is 0 Å². The first-order valence-corrected chi connectivity index (χ1v) is 5.92. The van der Waals surface area contributed by atoms with Crippen molar-refractivity contribution < 1.29 is 9.53 Å². The van der Waals surface area contributed by atoms with Gasteiger partial charge in [0, 0.05) is 12.4 Å². The van der Waals surface area contributed by atoms with Crippen LogP contribution in [0.2, 0.25) is 0 Å². The Balaban J connectivity index is 2.23. The summed E-state index contributed by atoms with van der Waals surface area (Å²) in [6, 6.07) is 9.02. The molecule has 2 aromatic rings. The molecule has 0 amide bonds. The second-order valence-corrected chi connectivity index (χ2v) is 3.84. The molecule has 5 nitrogen and oxygen atoms in total. The number of benzene rings is 1. The Morgan fingerprint density at radius 2 is 2.26 bits per heavy atom. The van der Waals surface area contributed by atoms with Gasteiger partial charge in [0.25, 0.3) is 0 Å². The Hall–Kier alpha value is -2.61. The molecule has 0 aliphatic carbocycles. The van der Waals surface area contributed by atoms with Crippen LogP contribution in [-0.4, -0.2) is 21.9 Å². The van der Waals surface area contributed by atoms with Crippen molar-refractivity contribution >= 4 is 5.78 Å². The van der Waals surface area contributed by atoms with E-state index in [4.69, 9.17) is 10.00 Å². The Labute approximate surface area is 111 Å². The van der Waals surface area contributed by atoms with Crippen LogP contribution in [0.15, 0.2) is 36.7 Å². The van der Waals surface area contributed by atoms with Gasteiger partial charge in [-0.15, -0.1) is 0 Å². The number of carbonyl (C=O) groups is 1. The zero-order valence-electron chi connectivity index (χ0n) is 10.5. The van der Waals surface area contributed by atoms with Crippen LogP contribution in [0, 0.1) is 11.3 Å². The fourth-order valence-corrected chi connectivity index (χ4v) is 1.77. The van der Waals surface area contributed by atoms with Crippen molar-refractivity contribution in [3.63, 3.8) is 0 Å². The molecule has 1 heterocycles. The van der Waals surface area contributed by atoms with Crippen LogP contribution < -0.4 is 4.74 Å². The number of hydrogen-bond acceptors (Lipinski definition) is 4. The number of hydrogen-bond donors (Lipinski definition) is 0. The van der Waals surface area contributed by atoms with Crippen molar-refractivity contribution in [1.82, 2.24) is 9.55 Å². The number of nitriles is 1. The molecular weight excluding hydrogens is 242 g/mol. The van der Waals surface area contributed by atoms with E-state index in [0.717, 1.165) is 0 Å². The summed E-state index contributed by atoms with van der Waals surface area (Å²) in [7, 11) is 0. The minimum Gasteiger partial charge on any atom is -0.493 e. The lowest BCUT2D eigenvalue weighted by Crippen LogP contribution is -2.12. The monoisotopic (exact) mass is 255 g/mol. The van der Waals surface area contributed by atoms with E-state index in [0.29, 0.717) is 17.9 Å². The number of carbonyl (C=O) groups excluding carboxylic acids is 1. The third kappa shape index (κ3) is 2.80. The summed E-state index contributed by atoms with van der Waals surface area (Å²) in [5.41, 5.74) is 0.516. The van der Waals surface area contributed by atoms with Gasteiger partial charge in [-0.05, 0) is 19.1 Å². The van der Waals surface area contributed by atoms with Gasteiger partial charge in [0.15, 0.2) is 5.78 Å². The fraction of sp³-hybridized carbons (Fsp3) is 0.214. The highest BCUT2D eigenvalue weighted by atomic mass is 16.5. The van der Waals surface area contributed by atoms with Crippen LogP contribution in [-0.2, 0) is 6.54 Å². The molecule has 0 bridgehead atoms. The third-order valence-corrected chi connectivity index (χ3v) is 2.62. The van der Waals surface area contributed by atoms with Gasteiger partial charge in [-0.25, -0.2) is 4.98 Å². The van der Waals surface area contributed by atoms with Crippen molar-refractivity contribution in [2.45, 2.75) is 13.5 Å². The predicted octanol–water partition coefficient (Wildman–Crippen LogP) is 2.04. The van der Waals surface area contributed by atoms with Gasteiger partial charge in [0.1, 0.15) is 11.8 Å². The molecule has 0 N–H and O–H groups in total. The van der Waals surface area contributed by atoms with E-state index in [1.165, 1.54) is 10.8 Å². The minimum absolute atomic E-state index is 0.0764. The first-order valence-electron chi connectivity index (χ1n) is 5.92. The summed E-state index contributed by atoms with van der Waals surface area (Å²) in [5.74, 6) is 0.675. The second kappa shape index (κ2) is 5.83. The number of para-hydroxylation sites is 1. The molecule has 0 aliphatic heterocycles. The van der Waals surface area contributed by atoms with Gasteiger partial charge in [0.05, 0.1) is 18.7 Å². The summed E-state index contributed by atoms with van der Waals surface area (Å²) in [6.45, 7) is 2.44. The Kier molecular flexibility index (Phi) is 3.94. The summed E-state index contributed by atoms with van der Waals surface area (Å²) in [6.07, 6.45) is 3.11. The maximum Gasteiger partial charge on any atom is 0.213 e. The van der Waals surface area contributed by atoms with Crippen molar-refractivity contribution in [3.8, 4) is 11.8 Å². The summed E-state index contributed by atoms with van der Waals surface area (Å²) < 4.78 is 6.94. The lowest BCUT2D eigenvalue weighted by Gasteiger charge is -2.09. The number of rotatable bonds is 5. The lowest BCUT2D eigenvalue weighted by atomic mass is 10.1. The van der Waals surface area contributed by atoms with Crippen LogP contribution in [0.1, 0.15) is 23.1 Å². The molecule has 2 rings (SSSR count). The van der Waals surface area contributed by atoms with E-state index < -0.39 is 0 Å². The summed E-state index contributed by atoms with van der Waals surface area (Å²) >= 11 is 0. The van der Waals surface area contributed by atoms with Crippen molar-refractivity contribution in [2.75, 3.05) is 6.61 Å². The topological polar surface area (TPSA) is 67.9 Å². The molecule has 0 saturated heterocycles. The van der Waals surface area contributed by atoms with Gasteiger partial charge in [-0.2, -0.15) is 5.26 Å². The molecular formula is C14H13N3O2. The average Bonchev–Trinajstić information content (AvgIpc) is 2.87. The van der Waals surface area contributed by atoms with E-state index >= 15 is 0 Å². The molecule has 5 heteroatoms. The summed E-state index contributed by atoms with van der Waals surface area (Å²) in [4.78, 5) is 16.1. The molecule has 1 aromatic heterocycles. The largest absolute Gasteiger partial charge is 0.493 e. The molecule has 0 aliphatic rings. The van der Waals surface area contributed by atoms with Crippen LogP contribution in [0.3, 0.4) is 0 Å². The zero-order valence-corrected chi connectivity index (χ0v) is 10.5. The number of Topliss-reactive ketones (excluding diaryl/α,β-unsaturated/α-hetero) is 1. The molecule has 19 heavy (non-hydrogen) atoms. The Morgan fingerprint density at radius 1 is 1.47 bits per heavy atom. The van der Waals surface area contributed by atoms with Gasteiger partial charge in [-0.1, -0.05) is 12.1 Å². The SMILES string of the molecule is CCOc1ccccc1C(=O)Cn1ccnc1C#N. The van der Waals surface area contributed by atoms with Crippen molar-refractivity contribution in [3.05, 3.63) is 48.0 Å².